The summed E-state index contributed by atoms with van der Waals surface area (Å²) in [7, 11) is 0. The van der Waals surface area contributed by atoms with Gasteiger partial charge < -0.3 is 25.3 Å². The van der Waals surface area contributed by atoms with E-state index < -0.39 is 0 Å². The van der Waals surface area contributed by atoms with Crippen molar-refractivity contribution in [2.24, 2.45) is 0 Å². The maximum Gasteiger partial charge on any atom is 0.0110 e. The van der Waals surface area contributed by atoms with E-state index in [-0.39, 0.29) is 0 Å². The summed E-state index contributed by atoms with van der Waals surface area (Å²) in [6, 6.07) is 0. The fourth-order valence-corrected chi connectivity index (χ4v) is 13.9. The zero-order valence-corrected chi connectivity index (χ0v) is 65.3. The molecule has 0 saturated heterocycles. The second-order valence-electron chi connectivity index (χ2n) is 29.9. The van der Waals surface area contributed by atoms with E-state index in [0.29, 0.717) is 0 Å². The van der Waals surface area contributed by atoms with E-state index in [9.17, 15) is 0 Å². The zero-order chi connectivity index (χ0) is 66.8. The number of allylic oxidation sites excluding steroid dienone is 6. The minimum Gasteiger partial charge on any atom is -0.315 e. The average Bonchev–Trinajstić information content (AvgIpc) is 3.61. The average molecular weight is 1310 g/mol. The SMILES string of the molecule is CCCCCCCC/C=C\CCCCCCCCN(CCCCCCCC/C=C\CCCCCCCC)CCN(CCCCCCCC/C=C\CCCCCCCC)CCNCCCCNCCN(CCCCCCCCCCCC)CCCCCCCCCCCC. The van der Waals surface area contributed by atoms with Crippen LogP contribution in [0.25, 0.3) is 0 Å². The molecule has 0 unspecified atom stereocenters. The van der Waals surface area contributed by atoms with Crippen LogP contribution in [0.1, 0.15) is 446 Å². The van der Waals surface area contributed by atoms with Gasteiger partial charge in [0.1, 0.15) is 0 Å². The lowest BCUT2D eigenvalue weighted by Gasteiger charge is -2.28. The number of nitrogens with one attached hydrogen (secondary N) is 2. The quantitative estimate of drug-likeness (QED) is 0.0469. The largest absolute Gasteiger partial charge is 0.315 e. The molecule has 93 heavy (non-hydrogen) atoms. The minimum atomic E-state index is 1.14. The molecular formula is C88H177N5. The van der Waals surface area contributed by atoms with Crippen molar-refractivity contribution >= 4 is 0 Å². The number of hydrogen-bond acceptors (Lipinski definition) is 5. The normalized spacial score (nSPS) is 12.3. The van der Waals surface area contributed by atoms with E-state index in [1.807, 2.05) is 0 Å². The molecule has 0 aromatic rings. The van der Waals surface area contributed by atoms with Gasteiger partial charge in [0, 0.05) is 39.3 Å². The van der Waals surface area contributed by atoms with Crippen molar-refractivity contribution in [1.29, 1.82) is 0 Å². The lowest BCUT2D eigenvalue weighted by atomic mass is 10.1. The Balaban J connectivity index is 5.24. The third-order valence-corrected chi connectivity index (χ3v) is 20.5. The van der Waals surface area contributed by atoms with Gasteiger partial charge >= 0.3 is 0 Å². The zero-order valence-electron chi connectivity index (χ0n) is 65.3. The Morgan fingerprint density at radius 2 is 0.312 bits per heavy atom. The molecule has 0 aromatic heterocycles. The molecule has 0 radical (unpaired) electrons. The van der Waals surface area contributed by atoms with E-state index in [0.717, 1.165) is 26.2 Å². The van der Waals surface area contributed by atoms with Crippen LogP contribution in [0.5, 0.6) is 0 Å². The first kappa shape index (κ1) is 92.0. The molecule has 0 aliphatic heterocycles. The van der Waals surface area contributed by atoms with Crippen molar-refractivity contribution in [1.82, 2.24) is 25.3 Å². The summed E-state index contributed by atoms with van der Waals surface area (Å²) in [4.78, 5) is 8.61. The van der Waals surface area contributed by atoms with Crippen molar-refractivity contribution in [2.75, 3.05) is 85.1 Å². The van der Waals surface area contributed by atoms with Crippen LogP contribution in [0, 0.1) is 0 Å². The third-order valence-electron chi connectivity index (χ3n) is 20.5. The Morgan fingerprint density at radius 1 is 0.151 bits per heavy atom. The van der Waals surface area contributed by atoms with Crippen LogP contribution >= 0.6 is 0 Å². The van der Waals surface area contributed by atoms with Gasteiger partial charge in [-0.3, -0.25) is 0 Å². The summed E-state index contributed by atoms with van der Waals surface area (Å²) in [5.41, 5.74) is 0. The highest BCUT2D eigenvalue weighted by Gasteiger charge is 2.11. The molecule has 0 heterocycles. The van der Waals surface area contributed by atoms with Crippen LogP contribution in [0.2, 0.25) is 0 Å². The second-order valence-corrected chi connectivity index (χ2v) is 29.9. The van der Waals surface area contributed by atoms with Crippen molar-refractivity contribution in [3.8, 4) is 0 Å². The Labute approximate surface area is 589 Å². The van der Waals surface area contributed by atoms with Crippen molar-refractivity contribution in [3.63, 3.8) is 0 Å². The summed E-state index contributed by atoms with van der Waals surface area (Å²) in [6.07, 6.45) is 104. The van der Waals surface area contributed by atoms with Crippen LogP contribution in [-0.4, -0.2) is 99.8 Å². The van der Waals surface area contributed by atoms with E-state index >= 15 is 0 Å². The molecule has 0 bridgehead atoms. The highest BCUT2D eigenvalue weighted by atomic mass is 15.2. The van der Waals surface area contributed by atoms with Gasteiger partial charge in [0.05, 0.1) is 0 Å². The van der Waals surface area contributed by atoms with E-state index in [1.165, 1.54) is 470 Å². The molecule has 0 spiro atoms. The summed E-state index contributed by atoms with van der Waals surface area (Å²) < 4.78 is 0. The standard InChI is InChI=1S/C88H177N5/c1-6-11-16-21-26-31-36-39-42-45-48-51-56-61-66-73-82-92(83-74-67-62-57-52-49-46-43-40-37-32-27-22-17-12-7-2)87-88-93(84-75-68-63-58-53-50-47-44-41-38-33-28-23-18-13-8-3)86-79-90-77-70-69-76-89-78-85-91(80-71-64-59-54-34-29-24-19-14-9-4)81-72-65-60-55-35-30-25-20-15-10-5/h39-44,89-90H,6-38,45-88H2,1-5H3/b42-39-,43-40-,44-41-. The minimum absolute atomic E-state index is 1.14. The van der Waals surface area contributed by atoms with E-state index in [4.69, 9.17) is 0 Å². The van der Waals surface area contributed by atoms with Gasteiger partial charge in [-0.1, -0.05) is 360 Å². The van der Waals surface area contributed by atoms with Gasteiger partial charge in [0.2, 0.25) is 0 Å². The second kappa shape index (κ2) is 85.2. The summed E-state index contributed by atoms with van der Waals surface area (Å²) in [5.74, 6) is 0. The molecule has 0 aliphatic rings. The van der Waals surface area contributed by atoms with Crippen LogP contribution in [-0.2, 0) is 0 Å². The molecule has 0 atom stereocenters. The molecule has 0 fully saturated rings. The van der Waals surface area contributed by atoms with Gasteiger partial charge in [0.15, 0.2) is 0 Å². The van der Waals surface area contributed by atoms with Crippen molar-refractivity contribution in [2.45, 2.75) is 446 Å². The number of unbranched alkanes of at least 4 members (excludes halogenated alkanes) is 55. The van der Waals surface area contributed by atoms with Crippen LogP contribution in [0.15, 0.2) is 36.5 Å². The predicted octanol–water partition coefficient (Wildman–Crippen LogP) is 27.8. The smallest absolute Gasteiger partial charge is 0.0110 e. The number of rotatable bonds is 84. The Kier molecular flexibility index (Phi) is 84.3. The van der Waals surface area contributed by atoms with Crippen LogP contribution in [0.3, 0.4) is 0 Å². The maximum absolute atomic E-state index is 3.94. The first-order valence-corrected chi connectivity index (χ1v) is 43.7. The molecule has 0 amide bonds. The molecule has 554 valence electrons. The fraction of sp³-hybridized carbons (Fsp3) is 0.932. The van der Waals surface area contributed by atoms with Gasteiger partial charge in [-0.05, 0) is 168 Å². The molecule has 2 N–H and O–H groups in total. The number of hydrogen-bond donors (Lipinski definition) is 2. The topological polar surface area (TPSA) is 33.8 Å². The fourth-order valence-electron chi connectivity index (χ4n) is 13.9. The molecule has 0 aliphatic carbocycles. The van der Waals surface area contributed by atoms with Crippen molar-refractivity contribution in [3.05, 3.63) is 36.5 Å². The Bertz CT molecular complexity index is 1330. The molecule has 0 rings (SSSR count). The lowest BCUT2D eigenvalue weighted by Crippen LogP contribution is -2.40. The van der Waals surface area contributed by atoms with Gasteiger partial charge in [-0.15, -0.1) is 0 Å². The molecule has 5 nitrogen and oxygen atoms in total. The van der Waals surface area contributed by atoms with Gasteiger partial charge in [-0.2, -0.15) is 0 Å². The van der Waals surface area contributed by atoms with Crippen molar-refractivity contribution < 1.29 is 0 Å². The summed E-state index contributed by atoms with van der Waals surface area (Å²) in [6.45, 7) is 27.6. The van der Waals surface area contributed by atoms with Gasteiger partial charge in [-0.25, -0.2) is 0 Å². The van der Waals surface area contributed by atoms with Gasteiger partial charge in [0.25, 0.3) is 0 Å². The highest BCUT2D eigenvalue weighted by molar-refractivity contribution is 4.83. The van der Waals surface area contributed by atoms with E-state index in [2.05, 4.69) is 96.4 Å². The summed E-state index contributed by atoms with van der Waals surface area (Å²) in [5, 5.41) is 7.83. The predicted molar refractivity (Wildman–Crippen MR) is 426 cm³/mol. The molecule has 0 saturated carbocycles. The summed E-state index contributed by atoms with van der Waals surface area (Å²) >= 11 is 0. The van der Waals surface area contributed by atoms with Crippen LogP contribution < -0.4 is 10.6 Å². The molecule has 0 aromatic carbocycles. The Morgan fingerprint density at radius 3 is 0.516 bits per heavy atom. The third kappa shape index (κ3) is 79.9. The highest BCUT2D eigenvalue weighted by Crippen LogP contribution is 2.18. The van der Waals surface area contributed by atoms with E-state index in [1.54, 1.807) is 0 Å². The monoisotopic (exact) mass is 1300 g/mol. The van der Waals surface area contributed by atoms with Crippen LogP contribution in [0.4, 0.5) is 0 Å². The molecular weight excluding hydrogens is 1130 g/mol. The lowest BCUT2D eigenvalue weighted by molar-refractivity contribution is 0.195. The first-order valence-electron chi connectivity index (χ1n) is 43.7. The first-order chi connectivity index (χ1) is 46.2. The maximum atomic E-state index is 3.94. The Hall–Kier alpha value is -0.980. The molecule has 5 heteroatoms. The number of nitrogens with zero attached hydrogens (tertiary/aromatic N) is 3.